The van der Waals surface area contributed by atoms with E-state index in [9.17, 15) is 9.90 Å². The SMILES string of the molecule is O=C1C(Cc2ccc(O)cc2Cl)CCN1[C@H]1CCc2ccccc21. The number of aryl methyl sites for hydroxylation is 1. The van der Waals surface area contributed by atoms with Crippen molar-refractivity contribution in [2.45, 2.75) is 31.7 Å². The van der Waals surface area contributed by atoms with E-state index in [1.165, 1.54) is 11.1 Å². The predicted molar refractivity (Wildman–Crippen MR) is 94.1 cm³/mol. The van der Waals surface area contributed by atoms with Crippen molar-refractivity contribution >= 4 is 17.5 Å². The Hall–Kier alpha value is -2.00. The van der Waals surface area contributed by atoms with Gasteiger partial charge in [-0.1, -0.05) is 41.9 Å². The predicted octanol–water partition coefficient (Wildman–Crippen LogP) is 4.12. The molecule has 1 amide bonds. The van der Waals surface area contributed by atoms with E-state index in [1.54, 1.807) is 12.1 Å². The summed E-state index contributed by atoms with van der Waals surface area (Å²) in [6.07, 6.45) is 3.59. The first-order chi connectivity index (χ1) is 11.6. The number of halogens is 1. The van der Waals surface area contributed by atoms with Crippen molar-refractivity contribution in [2.24, 2.45) is 5.92 Å². The van der Waals surface area contributed by atoms with Gasteiger partial charge in [-0.2, -0.15) is 0 Å². The fourth-order valence-electron chi connectivity index (χ4n) is 4.09. The van der Waals surface area contributed by atoms with Crippen LogP contribution in [0.15, 0.2) is 42.5 Å². The molecule has 2 aromatic rings. The number of aromatic hydroxyl groups is 1. The Balaban J connectivity index is 1.51. The Morgan fingerprint density at radius 3 is 2.83 bits per heavy atom. The van der Waals surface area contributed by atoms with Crippen LogP contribution in [0, 0.1) is 5.92 Å². The highest BCUT2D eigenvalue weighted by Gasteiger charge is 2.38. The third-order valence-electron chi connectivity index (χ3n) is 5.33. The molecule has 1 aliphatic heterocycles. The number of hydrogen-bond acceptors (Lipinski definition) is 2. The highest BCUT2D eigenvalue weighted by atomic mass is 35.5. The molecule has 0 saturated carbocycles. The average molecular weight is 342 g/mol. The summed E-state index contributed by atoms with van der Waals surface area (Å²) in [6, 6.07) is 13.7. The van der Waals surface area contributed by atoms with Crippen LogP contribution in [-0.2, 0) is 17.6 Å². The Labute approximate surface area is 146 Å². The molecule has 2 aromatic carbocycles. The minimum absolute atomic E-state index is 0.0141. The van der Waals surface area contributed by atoms with Crippen molar-refractivity contribution in [1.29, 1.82) is 0 Å². The van der Waals surface area contributed by atoms with E-state index in [1.807, 2.05) is 6.07 Å². The molecular formula is C20H20ClNO2. The minimum atomic E-state index is -0.0141. The summed E-state index contributed by atoms with van der Waals surface area (Å²) in [7, 11) is 0. The number of nitrogens with zero attached hydrogens (tertiary/aromatic N) is 1. The Morgan fingerprint density at radius 2 is 2.00 bits per heavy atom. The van der Waals surface area contributed by atoms with E-state index in [0.717, 1.165) is 31.4 Å². The molecule has 4 rings (SSSR count). The van der Waals surface area contributed by atoms with Crippen molar-refractivity contribution in [2.75, 3.05) is 6.54 Å². The normalized spacial score (nSPS) is 22.9. The number of carbonyl (C=O) groups excluding carboxylic acids is 1. The van der Waals surface area contributed by atoms with Crippen LogP contribution in [0.25, 0.3) is 0 Å². The zero-order valence-electron chi connectivity index (χ0n) is 13.4. The molecule has 0 aromatic heterocycles. The van der Waals surface area contributed by atoms with Gasteiger partial charge in [0.05, 0.1) is 6.04 Å². The average Bonchev–Trinajstić information content (AvgIpc) is 3.14. The maximum absolute atomic E-state index is 12.9. The van der Waals surface area contributed by atoms with Gasteiger partial charge in [0.25, 0.3) is 0 Å². The van der Waals surface area contributed by atoms with Crippen LogP contribution in [0.5, 0.6) is 5.75 Å². The highest BCUT2D eigenvalue weighted by molar-refractivity contribution is 6.31. The number of rotatable bonds is 3. The fourth-order valence-corrected chi connectivity index (χ4v) is 4.34. The van der Waals surface area contributed by atoms with Gasteiger partial charge in [0.15, 0.2) is 0 Å². The number of phenolic OH excluding ortho intramolecular Hbond substituents is 1. The van der Waals surface area contributed by atoms with E-state index in [0.29, 0.717) is 11.4 Å². The molecule has 0 radical (unpaired) electrons. The molecule has 3 nitrogen and oxygen atoms in total. The van der Waals surface area contributed by atoms with Gasteiger partial charge in [-0.25, -0.2) is 0 Å². The van der Waals surface area contributed by atoms with Gasteiger partial charge >= 0.3 is 0 Å². The van der Waals surface area contributed by atoms with Gasteiger partial charge in [-0.15, -0.1) is 0 Å². The van der Waals surface area contributed by atoms with Gasteiger partial charge in [-0.3, -0.25) is 4.79 Å². The summed E-state index contributed by atoms with van der Waals surface area (Å²) < 4.78 is 0. The van der Waals surface area contributed by atoms with Crippen LogP contribution in [0.2, 0.25) is 5.02 Å². The number of hydrogen-bond donors (Lipinski definition) is 1. The number of phenols is 1. The molecule has 1 aliphatic carbocycles. The molecule has 1 saturated heterocycles. The van der Waals surface area contributed by atoms with Crippen LogP contribution < -0.4 is 0 Å². The number of benzene rings is 2. The van der Waals surface area contributed by atoms with E-state index in [-0.39, 0.29) is 23.6 Å². The fraction of sp³-hybridized carbons (Fsp3) is 0.350. The summed E-state index contributed by atoms with van der Waals surface area (Å²) in [4.78, 5) is 15.0. The third kappa shape index (κ3) is 2.67. The largest absolute Gasteiger partial charge is 0.508 e. The summed E-state index contributed by atoms with van der Waals surface area (Å²) >= 11 is 6.20. The molecule has 1 heterocycles. The van der Waals surface area contributed by atoms with E-state index < -0.39 is 0 Å². The van der Waals surface area contributed by atoms with Crippen LogP contribution in [0.3, 0.4) is 0 Å². The van der Waals surface area contributed by atoms with Crippen LogP contribution in [0.4, 0.5) is 0 Å². The summed E-state index contributed by atoms with van der Waals surface area (Å²) in [5.74, 6) is 0.381. The van der Waals surface area contributed by atoms with E-state index in [2.05, 4.69) is 29.2 Å². The van der Waals surface area contributed by atoms with Gasteiger partial charge < -0.3 is 10.0 Å². The van der Waals surface area contributed by atoms with Crippen molar-refractivity contribution in [3.05, 3.63) is 64.2 Å². The molecule has 1 unspecified atom stereocenters. The summed E-state index contributed by atoms with van der Waals surface area (Å²) in [5.41, 5.74) is 3.62. The molecule has 1 fully saturated rings. The second kappa shape index (κ2) is 6.14. The summed E-state index contributed by atoms with van der Waals surface area (Å²) in [6.45, 7) is 0.818. The molecule has 124 valence electrons. The summed E-state index contributed by atoms with van der Waals surface area (Å²) in [5, 5.41) is 10.0. The van der Waals surface area contributed by atoms with Crippen molar-refractivity contribution in [1.82, 2.24) is 4.90 Å². The molecular weight excluding hydrogens is 322 g/mol. The van der Waals surface area contributed by atoms with Gasteiger partial charge in [0, 0.05) is 17.5 Å². The lowest BCUT2D eigenvalue weighted by Crippen LogP contribution is -2.31. The minimum Gasteiger partial charge on any atom is -0.508 e. The maximum atomic E-state index is 12.9. The first-order valence-corrected chi connectivity index (χ1v) is 8.87. The molecule has 2 aliphatic rings. The van der Waals surface area contributed by atoms with Gasteiger partial charge in [-0.05, 0) is 54.5 Å². The Bertz CT molecular complexity index is 789. The molecule has 0 bridgehead atoms. The monoisotopic (exact) mass is 341 g/mol. The number of likely N-dealkylation sites (tertiary alicyclic amines) is 1. The second-order valence-corrected chi connectivity index (χ2v) is 7.16. The number of fused-ring (bicyclic) bond motifs is 1. The Kier molecular flexibility index (Phi) is 3.97. The Morgan fingerprint density at radius 1 is 1.17 bits per heavy atom. The topological polar surface area (TPSA) is 40.5 Å². The molecule has 0 spiro atoms. The van der Waals surface area contributed by atoms with E-state index in [4.69, 9.17) is 11.6 Å². The standard InChI is InChI=1S/C20H20ClNO2/c21-18-12-16(23)7-5-14(18)11-15-9-10-22(20(15)24)19-8-6-13-3-1-2-4-17(13)19/h1-5,7,12,15,19,23H,6,8-11H2/t15?,19-/m0/s1. The second-order valence-electron chi connectivity index (χ2n) is 6.75. The zero-order chi connectivity index (χ0) is 16.7. The van der Waals surface area contributed by atoms with Gasteiger partial charge in [0.2, 0.25) is 5.91 Å². The first-order valence-electron chi connectivity index (χ1n) is 8.49. The molecule has 4 heteroatoms. The van der Waals surface area contributed by atoms with Crippen molar-refractivity contribution in [3.63, 3.8) is 0 Å². The molecule has 2 atom stereocenters. The maximum Gasteiger partial charge on any atom is 0.226 e. The first kappa shape index (κ1) is 15.5. The van der Waals surface area contributed by atoms with Crippen molar-refractivity contribution in [3.8, 4) is 5.75 Å². The van der Waals surface area contributed by atoms with Crippen LogP contribution in [0.1, 0.15) is 35.6 Å². The number of amides is 1. The lowest BCUT2D eigenvalue weighted by molar-refractivity contribution is -0.133. The van der Waals surface area contributed by atoms with Gasteiger partial charge in [0.1, 0.15) is 5.75 Å². The number of carbonyl (C=O) groups is 1. The van der Waals surface area contributed by atoms with Crippen LogP contribution in [-0.4, -0.2) is 22.5 Å². The smallest absolute Gasteiger partial charge is 0.226 e. The zero-order valence-corrected chi connectivity index (χ0v) is 14.2. The van der Waals surface area contributed by atoms with Crippen molar-refractivity contribution < 1.29 is 9.90 Å². The molecule has 1 N–H and O–H groups in total. The highest BCUT2D eigenvalue weighted by Crippen LogP contribution is 2.39. The quantitative estimate of drug-likeness (QED) is 0.912. The third-order valence-corrected chi connectivity index (χ3v) is 5.68. The van der Waals surface area contributed by atoms with E-state index >= 15 is 0 Å². The van der Waals surface area contributed by atoms with Crippen LogP contribution >= 0.6 is 11.6 Å². The lowest BCUT2D eigenvalue weighted by Gasteiger charge is -2.25. The molecule has 24 heavy (non-hydrogen) atoms. The lowest BCUT2D eigenvalue weighted by atomic mass is 9.97.